The number of ether oxygens (including phenoxy) is 2. The second-order valence-corrected chi connectivity index (χ2v) is 6.27. The average Bonchev–Trinajstić information content (AvgIpc) is 3.12. The van der Waals surface area contributed by atoms with E-state index in [-0.39, 0.29) is 18.2 Å². The molecule has 3 rings (SSSR count). The van der Waals surface area contributed by atoms with Crippen molar-refractivity contribution < 1.29 is 14.3 Å². The molecule has 0 aromatic carbocycles. The van der Waals surface area contributed by atoms with Crippen LogP contribution in [0.1, 0.15) is 23.2 Å². The highest BCUT2D eigenvalue weighted by molar-refractivity contribution is 5.93. The first-order chi connectivity index (χ1) is 12.1. The topological polar surface area (TPSA) is 106 Å². The minimum Gasteiger partial charge on any atom is -0.379 e. The largest absolute Gasteiger partial charge is 0.379 e. The van der Waals surface area contributed by atoms with Gasteiger partial charge in [-0.25, -0.2) is 4.79 Å². The molecule has 0 saturated carbocycles. The molecular formula is C16H24N4O5. The SMILES string of the molecule is O=C(NCCN1CCOCC1)c1c[nH]c(=O)n(CC2CCCO2)c1=O. The van der Waals surface area contributed by atoms with Gasteiger partial charge in [0.2, 0.25) is 0 Å². The Bertz CT molecular complexity index is 701. The third-order valence-corrected chi connectivity index (χ3v) is 4.53. The summed E-state index contributed by atoms with van der Waals surface area (Å²) >= 11 is 0. The zero-order valence-corrected chi connectivity index (χ0v) is 14.2. The molecule has 1 aromatic rings. The Kier molecular flexibility index (Phi) is 6.00. The van der Waals surface area contributed by atoms with E-state index in [0.29, 0.717) is 32.9 Å². The van der Waals surface area contributed by atoms with Crippen LogP contribution in [0.4, 0.5) is 0 Å². The summed E-state index contributed by atoms with van der Waals surface area (Å²) in [6.07, 6.45) is 2.75. The van der Waals surface area contributed by atoms with Crippen molar-refractivity contribution in [3.8, 4) is 0 Å². The highest BCUT2D eigenvalue weighted by Gasteiger charge is 2.20. The van der Waals surface area contributed by atoms with Crippen molar-refractivity contribution in [2.24, 2.45) is 0 Å². The minimum absolute atomic E-state index is 0.0559. The van der Waals surface area contributed by atoms with Crippen molar-refractivity contribution >= 4 is 5.91 Å². The molecule has 2 aliphatic rings. The zero-order chi connectivity index (χ0) is 17.6. The monoisotopic (exact) mass is 352 g/mol. The smallest absolute Gasteiger partial charge is 0.328 e. The maximum absolute atomic E-state index is 12.5. The molecule has 2 N–H and O–H groups in total. The molecule has 0 aliphatic carbocycles. The van der Waals surface area contributed by atoms with Crippen molar-refractivity contribution in [3.63, 3.8) is 0 Å². The van der Waals surface area contributed by atoms with Gasteiger partial charge in [0.25, 0.3) is 11.5 Å². The molecule has 25 heavy (non-hydrogen) atoms. The van der Waals surface area contributed by atoms with Crippen LogP contribution in [-0.2, 0) is 16.0 Å². The van der Waals surface area contributed by atoms with E-state index in [1.165, 1.54) is 6.20 Å². The molecule has 0 spiro atoms. The van der Waals surface area contributed by atoms with Crippen molar-refractivity contribution in [1.82, 2.24) is 19.8 Å². The van der Waals surface area contributed by atoms with Crippen LogP contribution < -0.4 is 16.6 Å². The highest BCUT2D eigenvalue weighted by atomic mass is 16.5. The fourth-order valence-electron chi connectivity index (χ4n) is 3.08. The number of nitrogens with one attached hydrogen (secondary N) is 2. The summed E-state index contributed by atoms with van der Waals surface area (Å²) in [6.45, 7) is 5.00. The quantitative estimate of drug-likeness (QED) is 0.665. The van der Waals surface area contributed by atoms with E-state index in [4.69, 9.17) is 9.47 Å². The second-order valence-electron chi connectivity index (χ2n) is 6.27. The lowest BCUT2D eigenvalue weighted by atomic mass is 10.2. The number of carbonyl (C=O) groups is 1. The third-order valence-electron chi connectivity index (χ3n) is 4.53. The van der Waals surface area contributed by atoms with Crippen LogP contribution in [0.25, 0.3) is 0 Å². The summed E-state index contributed by atoms with van der Waals surface area (Å²) in [5, 5.41) is 2.74. The lowest BCUT2D eigenvalue weighted by molar-refractivity contribution is 0.0383. The molecule has 0 bridgehead atoms. The highest BCUT2D eigenvalue weighted by Crippen LogP contribution is 2.12. The first-order valence-electron chi connectivity index (χ1n) is 8.67. The predicted molar refractivity (Wildman–Crippen MR) is 89.9 cm³/mol. The number of H-pyrrole nitrogens is 1. The number of nitrogens with zero attached hydrogens (tertiary/aromatic N) is 2. The second kappa shape index (κ2) is 8.41. The molecule has 9 nitrogen and oxygen atoms in total. The lowest BCUT2D eigenvalue weighted by Gasteiger charge is -2.26. The van der Waals surface area contributed by atoms with Crippen molar-refractivity contribution in [2.45, 2.75) is 25.5 Å². The van der Waals surface area contributed by atoms with Crippen LogP contribution >= 0.6 is 0 Å². The molecule has 1 unspecified atom stereocenters. The van der Waals surface area contributed by atoms with E-state index in [1.54, 1.807) is 0 Å². The van der Waals surface area contributed by atoms with Crippen LogP contribution in [0, 0.1) is 0 Å². The summed E-state index contributed by atoms with van der Waals surface area (Å²) in [5.74, 6) is -0.476. The van der Waals surface area contributed by atoms with Crippen molar-refractivity contribution in [1.29, 1.82) is 0 Å². The van der Waals surface area contributed by atoms with Gasteiger partial charge in [0.15, 0.2) is 0 Å². The Morgan fingerprint density at radius 1 is 1.28 bits per heavy atom. The maximum atomic E-state index is 12.5. The Hall–Kier alpha value is -1.97. The molecule has 2 saturated heterocycles. The van der Waals surface area contributed by atoms with Gasteiger partial charge in [0.05, 0.1) is 25.9 Å². The zero-order valence-electron chi connectivity index (χ0n) is 14.2. The number of morpholine rings is 1. The standard InChI is InChI=1S/C16H24N4O5/c21-14(17-3-4-19-5-8-24-9-6-19)13-10-18-16(23)20(15(13)22)11-12-2-1-7-25-12/h10,12H,1-9,11H2,(H,17,21)(H,18,23). The number of hydrogen-bond acceptors (Lipinski definition) is 6. The van der Waals surface area contributed by atoms with E-state index in [9.17, 15) is 14.4 Å². The van der Waals surface area contributed by atoms with E-state index in [0.717, 1.165) is 30.5 Å². The molecule has 138 valence electrons. The number of rotatable bonds is 6. The van der Waals surface area contributed by atoms with E-state index in [2.05, 4.69) is 15.2 Å². The van der Waals surface area contributed by atoms with Gasteiger partial charge >= 0.3 is 5.69 Å². The third kappa shape index (κ3) is 4.56. The summed E-state index contributed by atoms with van der Waals surface area (Å²) in [5.41, 5.74) is -1.16. The first kappa shape index (κ1) is 17.8. The molecule has 0 radical (unpaired) electrons. The normalized spacial score (nSPS) is 21.4. The van der Waals surface area contributed by atoms with Gasteiger partial charge in [-0.1, -0.05) is 0 Å². The van der Waals surface area contributed by atoms with Crippen molar-refractivity contribution in [2.75, 3.05) is 46.0 Å². The molecule has 9 heteroatoms. The van der Waals surface area contributed by atoms with Crippen LogP contribution in [-0.4, -0.2) is 72.5 Å². The summed E-state index contributed by atoms with van der Waals surface area (Å²) in [7, 11) is 0. The molecule has 2 aliphatic heterocycles. The van der Waals surface area contributed by atoms with Crippen LogP contribution in [0.2, 0.25) is 0 Å². The Balaban J connectivity index is 1.61. The maximum Gasteiger partial charge on any atom is 0.328 e. The van der Waals surface area contributed by atoms with Gasteiger partial charge < -0.3 is 19.8 Å². The van der Waals surface area contributed by atoms with E-state index >= 15 is 0 Å². The number of aromatic amines is 1. The van der Waals surface area contributed by atoms with Gasteiger partial charge in [-0.3, -0.25) is 19.1 Å². The fourth-order valence-corrected chi connectivity index (χ4v) is 3.08. The fraction of sp³-hybridized carbons (Fsp3) is 0.688. The van der Waals surface area contributed by atoms with Crippen LogP contribution in [0.15, 0.2) is 15.8 Å². The van der Waals surface area contributed by atoms with Gasteiger partial charge in [-0.15, -0.1) is 0 Å². The first-order valence-corrected chi connectivity index (χ1v) is 8.67. The summed E-state index contributed by atoms with van der Waals surface area (Å²) < 4.78 is 11.8. The van der Waals surface area contributed by atoms with E-state index < -0.39 is 17.2 Å². The number of carbonyl (C=O) groups excluding carboxylic acids is 1. The van der Waals surface area contributed by atoms with Crippen molar-refractivity contribution in [3.05, 3.63) is 32.6 Å². The predicted octanol–water partition coefficient (Wildman–Crippen LogP) is -1.22. The molecule has 1 aromatic heterocycles. The number of aromatic nitrogens is 2. The Labute approximate surface area is 144 Å². The van der Waals surface area contributed by atoms with Gasteiger partial charge in [-0.05, 0) is 12.8 Å². The minimum atomic E-state index is -0.580. The number of amides is 1. The molecular weight excluding hydrogens is 328 g/mol. The van der Waals surface area contributed by atoms with Gasteiger partial charge in [0.1, 0.15) is 5.56 Å². The molecule has 1 amide bonds. The average molecular weight is 352 g/mol. The summed E-state index contributed by atoms with van der Waals surface area (Å²) in [6, 6.07) is 0. The molecule has 1 atom stereocenters. The lowest BCUT2D eigenvalue weighted by Crippen LogP contribution is -2.44. The van der Waals surface area contributed by atoms with E-state index in [1.807, 2.05) is 0 Å². The Morgan fingerprint density at radius 2 is 2.08 bits per heavy atom. The number of hydrogen-bond donors (Lipinski definition) is 2. The Morgan fingerprint density at radius 3 is 2.80 bits per heavy atom. The van der Waals surface area contributed by atoms with Crippen LogP contribution in [0.3, 0.4) is 0 Å². The molecule has 2 fully saturated rings. The van der Waals surface area contributed by atoms with Gasteiger partial charge in [0, 0.05) is 39.0 Å². The molecule has 3 heterocycles. The van der Waals surface area contributed by atoms with Crippen LogP contribution in [0.5, 0.6) is 0 Å². The van der Waals surface area contributed by atoms with Gasteiger partial charge in [-0.2, -0.15) is 0 Å². The summed E-state index contributed by atoms with van der Waals surface area (Å²) in [4.78, 5) is 41.4.